The Morgan fingerprint density at radius 2 is 2.00 bits per heavy atom. The maximum absolute atomic E-state index is 13.6. The number of aliphatic hydroxyl groups is 1. The summed E-state index contributed by atoms with van der Waals surface area (Å²) in [5, 5.41) is 9.13. The van der Waals surface area contributed by atoms with Crippen LogP contribution in [0.2, 0.25) is 0 Å². The molecule has 1 aromatic rings. The first-order valence-corrected chi connectivity index (χ1v) is 5.86. The van der Waals surface area contributed by atoms with Crippen LogP contribution in [0.15, 0.2) is 18.2 Å². The number of para-hydroxylation sites is 1. The van der Waals surface area contributed by atoms with E-state index in [1.807, 2.05) is 0 Å². The van der Waals surface area contributed by atoms with Gasteiger partial charge in [-0.25, -0.2) is 4.39 Å². The van der Waals surface area contributed by atoms with Crippen LogP contribution in [0.25, 0.3) is 0 Å². The van der Waals surface area contributed by atoms with Crippen LogP contribution in [-0.4, -0.2) is 11.2 Å². The van der Waals surface area contributed by atoms with E-state index < -0.39 is 0 Å². The van der Waals surface area contributed by atoms with E-state index >= 15 is 0 Å². The summed E-state index contributed by atoms with van der Waals surface area (Å²) in [6.45, 7) is -0.181. The fourth-order valence-corrected chi connectivity index (χ4v) is 2.16. The zero-order valence-electron chi connectivity index (χ0n) is 9.29. The summed E-state index contributed by atoms with van der Waals surface area (Å²) in [7, 11) is 0. The van der Waals surface area contributed by atoms with Crippen LogP contribution in [0.1, 0.15) is 37.7 Å². The van der Waals surface area contributed by atoms with Crippen LogP contribution >= 0.6 is 0 Å². The van der Waals surface area contributed by atoms with Crippen LogP contribution in [0, 0.1) is 5.82 Å². The highest BCUT2D eigenvalue weighted by molar-refractivity contribution is 5.34. The van der Waals surface area contributed by atoms with E-state index in [1.165, 1.54) is 12.5 Å². The number of hydrogen-bond acceptors (Lipinski definition) is 2. The maximum atomic E-state index is 13.6. The highest BCUT2D eigenvalue weighted by atomic mass is 19.1. The molecule has 0 bridgehead atoms. The Labute approximate surface area is 95.1 Å². The molecule has 0 aromatic heterocycles. The van der Waals surface area contributed by atoms with Crippen molar-refractivity contribution in [1.82, 2.24) is 0 Å². The van der Waals surface area contributed by atoms with Crippen molar-refractivity contribution < 1.29 is 14.2 Å². The Balaban J connectivity index is 2.12. The number of aliphatic hydroxyl groups excluding tert-OH is 1. The van der Waals surface area contributed by atoms with Gasteiger partial charge < -0.3 is 9.84 Å². The summed E-state index contributed by atoms with van der Waals surface area (Å²) < 4.78 is 19.2. The summed E-state index contributed by atoms with van der Waals surface area (Å²) in [4.78, 5) is 0. The molecule has 0 amide bonds. The van der Waals surface area contributed by atoms with E-state index in [1.54, 1.807) is 12.1 Å². The van der Waals surface area contributed by atoms with Crippen molar-refractivity contribution in [2.45, 2.75) is 44.8 Å². The van der Waals surface area contributed by atoms with Crippen LogP contribution in [-0.2, 0) is 6.61 Å². The minimum absolute atomic E-state index is 0.107. The van der Waals surface area contributed by atoms with E-state index in [9.17, 15) is 4.39 Å². The average Bonchev–Trinajstić information content (AvgIpc) is 2.33. The number of hydrogen-bond donors (Lipinski definition) is 1. The Kier molecular flexibility index (Phi) is 3.78. The quantitative estimate of drug-likeness (QED) is 0.855. The predicted molar refractivity (Wildman–Crippen MR) is 59.8 cm³/mol. The van der Waals surface area contributed by atoms with Gasteiger partial charge in [-0.1, -0.05) is 18.6 Å². The van der Waals surface area contributed by atoms with E-state index in [0.29, 0.717) is 5.56 Å². The van der Waals surface area contributed by atoms with Gasteiger partial charge in [0.1, 0.15) is 0 Å². The molecule has 1 saturated carbocycles. The largest absolute Gasteiger partial charge is 0.487 e. The topological polar surface area (TPSA) is 29.5 Å². The molecule has 1 aliphatic rings. The molecular formula is C13H17FO2. The molecule has 2 nitrogen and oxygen atoms in total. The van der Waals surface area contributed by atoms with E-state index in [-0.39, 0.29) is 24.3 Å². The van der Waals surface area contributed by atoms with Crippen molar-refractivity contribution in [3.05, 3.63) is 29.6 Å². The molecule has 0 radical (unpaired) electrons. The molecule has 0 heterocycles. The number of benzene rings is 1. The van der Waals surface area contributed by atoms with Crippen molar-refractivity contribution >= 4 is 0 Å². The van der Waals surface area contributed by atoms with Gasteiger partial charge >= 0.3 is 0 Å². The average molecular weight is 224 g/mol. The summed E-state index contributed by atoms with van der Waals surface area (Å²) in [6.07, 6.45) is 5.61. The van der Waals surface area contributed by atoms with E-state index in [2.05, 4.69) is 0 Å². The van der Waals surface area contributed by atoms with E-state index in [0.717, 1.165) is 25.7 Å². The zero-order chi connectivity index (χ0) is 11.4. The number of ether oxygens (including phenoxy) is 1. The molecule has 1 fully saturated rings. The first-order valence-electron chi connectivity index (χ1n) is 5.86. The lowest BCUT2D eigenvalue weighted by Gasteiger charge is -2.24. The van der Waals surface area contributed by atoms with Crippen molar-refractivity contribution in [2.75, 3.05) is 0 Å². The molecule has 1 aromatic carbocycles. The Morgan fingerprint density at radius 3 is 2.69 bits per heavy atom. The second-order valence-corrected chi connectivity index (χ2v) is 4.26. The fourth-order valence-electron chi connectivity index (χ4n) is 2.16. The highest BCUT2D eigenvalue weighted by Gasteiger charge is 2.18. The van der Waals surface area contributed by atoms with Gasteiger partial charge in [-0.05, 0) is 31.7 Å². The molecule has 2 rings (SSSR count). The third-order valence-corrected chi connectivity index (χ3v) is 3.06. The third-order valence-electron chi connectivity index (χ3n) is 3.06. The zero-order valence-corrected chi connectivity index (χ0v) is 9.29. The van der Waals surface area contributed by atoms with E-state index in [4.69, 9.17) is 9.84 Å². The molecule has 0 unspecified atom stereocenters. The van der Waals surface area contributed by atoms with Crippen LogP contribution < -0.4 is 4.74 Å². The lowest BCUT2D eigenvalue weighted by molar-refractivity contribution is 0.143. The van der Waals surface area contributed by atoms with Gasteiger partial charge in [-0.15, -0.1) is 0 Å². The van der Waals surface area contributed by atoms with Gasteiger partial charge in [0.25, 0.3) is 0 Å². The minimum Gasteiger partial charge on any atom is -0.487 e. The van der Waals surface area contributed by atoms with Crippen molar-refractivity contribution in [3.63, 3.8) is 0 Å². The minimum atomic E-state index is -0.378. The molecular weight excluding hydrogens is 207 g/mol. The van der Waals surface area contributed by atoms with Crippen LogP contribution in [0.3, 0.4) is 0 Å². The smallest absolute Gasteiger partial charge is 0.165 e. The van der Waals surface area contributed by atoms with Crippen molar-refractivity contribution in [3.8, 4) is 5.75 Å². The summed E-state index contributed by atoms with van der Waals surface area (Å²) in [5.41, 5.74) is 0.533. The summed E-state index contributed by atoms with van der Waals surface area (Å²) in [6, 6.07) is 4.66. The van der Waals surface area contributed by atoms with Gasteiger partial charge in [-0.3, -0.25) is 0 Å². The Bertz CT molecular complexity index is 346. The highest BCUT2D eigenvalue weighted by Crippen LogP contribution is 2.28. The standard InChI is InChI=1S/C13H17FO2/c14-12-8-4-5-10(9-15)13(12)16-11-6-2-1-3-7-11/h4-5,8,11,15H,1-3,6-7,9H2. The van der Waals surface area contributed by atoms with Gasteiger partial charge in [0.2, 0.25) is 0 Å². The van der Waals surface area contributed by atoms with Crippen molar-refractivity contribution in [2.24, 2.45) is 0 Å². The molecule has 0 atom stereocenters. The number of rotatable bonds is 3. The molecule has 1 aliphatic carbocycles. The maximum Gasteiger partial charge on any atom is 0.165 e. The lowest BCUT2D eigenvalue weighted by atomic mass is 9.97. The molecule has 3 heteroatoms. The van der Waals surface area contributed by atoms with Gasteiger partial charge in [-0.2, -0.15) is 0 Å². The normalized spacial score (nSPS) is 17.4. The first kappa shape index (κ1) is 11.4. The molecule has 16 heavy (non-hydrogen) atoms. The lowest BCUT2D eigenvalue weighted by Crippen LogP contribution is -2.20. The van der Waals surface area contributed by atoms with Gasteiger partial charge in [0.05, 0.1) is 12.7 Å². The summed E-state index contributed by atoms with van der Waals surface area (Å²) >= 11 is 0. The van der Waals surface area contributed by atoms with Gasteiger partial charge in [0.15, 0.2) is 11.6 Å². The fraction of sp³-hybridized carbons (Fsp3) is 0.538. The molecule has 0 spiro atoms. The second-order valence-electron chi connectivity index (χ2n) is 4.26. The van der Waals surface area contributed by atoms with Crippen LogP contribution in [0.4, 0.5) is 4.39 Å². The number of halogens is 1. The first-order chi connectivity index (χ1) is 7.81. The van der Waals surface area contributed by atoms with Crippen molar-refractivity contribution in [1.29, 1.82) is 0 Å². The molecule has 0 aliphatic heterocycles. The molecule has 1 N–H and O–H groups in total. The van der Waals surface area contributed by atoms with Crippen LogP contribution in [0.5, 0.6) is 5.75 Å². The SMILES string of the molecule is OCc1cccc(F)c1OC1CCCCC1. The second kappa shape index (κ2) is 5.30. The monoisotopic (exact) mass is 224 g/mol. The Hall–Kier alpha value is -1.09. The molecule has 0 saturated heterocycles. The summed E-state index contributed by atoms with van der Waals surface area (Å²) in [5.74, 6) is -0.144. The Morgan fingerprint density at radius 1 is 1.25 bits per heavy atom. The third kappa shape index (κ3) is 2.53. The predicted octanol–water partition coefficient (Wildman–Crippen LogP) is 3.03. The van der Waals surface area contributed by atoms with Gasteiger partial charge in [0, 0.05) is 5.56 Å². The molecule has 88 valence electrons.